The molecule has 2 aromatic carbocycles. The summed E-state index contributed by atoms with van der Waals surface area (Å²) in [7, 11) is 0. The molecule has 5 nitrogen and oxygen atoms in total. The molecule has 0 atom stereocenters. The van der Waals surface area contributed by atoms with Gasteiger partial charge in [-0.15, -0.1) is 0 Å². The predicted molar refractivity (Wildman–Crippen MR) is 98.9 cm³/mol. The minimum Gasteiger partial charge on any atom is -0.308 e. The summed E-state index contributed by atoms with van der Waals surface area (Å²) in [5.41, 5.74) is 2.51. The minimum atomic E-state index is -0.390. The largest absolute Gasteiger partial charge is 0.329 e. The van der Waals surface area contributed by atoms with Gasteiger partial charge in [-0.2, -0.15) is 0 Å². The quantitative estimate of drug-likeness (QED) is 0.727. The van der Waals surface area contributed by atoms with E-state index in [2.05, 4.69) is 0 Å². The van der Waals surface area contributed by atoms with Gasteiger partial charge in [-0.1, -0.05) is 24.3 Å². The van der Waals surface area contributed by atoms with Crippen molar-refractivity contribution in [3.8, 4) is 0 Å². The molecule has 0 aliphatic carbocycles. The Morgan fingerprint density at radius 3 is 2.54 bits per heavy atom. The van der Waals surface area contributed by atoms with E-state index in [0.29, 0.717) is 18.8 Å². The molecule has 1 aliphatic heterocycles. The van der Waals surface area contributed by atoms with Crippen molar-refractivity contribution in [1.29, 1.82) is 0 Å². The molecule has 1 amide bonds. The first-order valence-corrected chi connectivity index (χ1v) is 8.87. The van der Waals surface area contributed by atoms with Gasteiger partial charge in [-0.25, -0.2) is 9.18 Å². The Kier molecular flexibility index (Phi) is 4.11. The molecule has 0 radical (unpaired) electrons. The molecule has 134 valence electrons. The topological polar surface area (TPSA) is 47.2 Å². The average molecular weight is 353 g/mol. The van der Waals surface area contributed by atoms with Crippen molar-refractivity contribution < 1.29 is 9.18 Å². The molecule has 3 aromatic rings. The Hall–Kier alpha value is -2.89. The van der Waals surface area contributed by atoms with Gasteiger partial charge in [0, 0.05) is 13.1 Å². The summed E-state index contributed by atoms with van der Waals surface area (Å²) in [6, 6.07) is 12.3. The predicted octanol–water partition coefficient (Wildman–Crippen LogP) is 2.94. The average Bonchev–Trinajstić information content (AvgIpc) is 2.93. The van der Waals surface area contributed by atoms with Crippen LogP contribution in [0, 0.1) is 5.82 Å². The number of carbonyl (C=O) groups is 1. The van der Waals surface area contributed by atoms with Crippen molar-refractivity contribution in [2.45, 2.75) is 32.9 Å². The van der Waals surface area contributed by atoms with Crippen LogP contribution >= 0.6 is 0 Å². The summed E-state index contributed by atoms with van der Waals surface area (Å²) < 4.78 is 17.5. The first-order chi connectivity index (χ1) is 12.6. The number of halogens is 1. The van der Waals surface area contributed by atoms with Crippen LogP contribution in [0.3, 0.4) is 0 Å². The summed E-state index contributed by atoms with van der Waals surface area (Å²) in [5, 5.41) is 0. The van der Waals surface area contributed by atoms with E-state index in [1.807, 2.05) is 37.3 Å². The molecule has 4 rings (SSSR count). The molecule has 2 heterocycles. The molecule has 0 fully saturated rings. The normalized spacial score (nSPS) is 13.8. The molecule has 0 spiro atoms. The van der Waals surface area contributed by atoms with Crippen molar-refractivity contribution >= 4 is 22.6 Å². The van der Waals surface area contributed by atoms with Gasteiger partial charge < -0.3 is 4.90 Å². The first kappa shape index (κ1) is 16.6. The molecular formula is C20H20FN3O2. The maximum atomic E-state index is 14.3. The van der Waals surface area contributed by atoms with Crippen LogP contribution in [-0.2, 0) is 24.3 Å². The van der Waals surface area contributed by atoms with Crippen molar-refractivity contribution in [1.82, 2.24) is 9.13 Å². The number of aryl methyl sites for hydroxylation is 2. The van der Waals surface area contributed by atoms with Crippen LogP contribution in [0.2, 0.25) is 0 Å². The minimum absolute atomic E-state index is 0.0971. The van der Waals surface area contributed by atoms with E-state index in [0.717, 1.165) is 29.4 Å². The fourth-order valence-corrected chi connectivity index (χ4v) is 3.80. The number of amides is 1. The number of carbonyl (C=O) groups excluding carboxylic acids is 1. The number of aromatic nitrogens is 2. The second-order valence-electron chi connectivity index (χ2n) is 6.50. The number of hydrogen-bond acceptors (Lipinski definition) is 2. The summed E-state index contributed by atoms with van der Waals surface area (Å²) in [6.07, 6.45) is 1.54. The van der Waals surface area contributed by atoms with Gasteiger partial charge in [0.1, 0.15) is 12.4 Å². The Balaban J connectivity index is 1.74. The monoisotopic (exact) mass is 353 g/mol. The van der Waals surface area contributed by atoms with Gasteiger partial charge in [0.25, 0.3) is 0 Å². The summed E-state index contributed by atoms with van der Waals surface area (Å²) in [6.45, 7) is 2.80. The lowest BCUT2D eigenvalue weighted by Crippen LogP contribution is -2.40. The number of nitrogens with zero attached hydrogens (tertiary/aromatic N) is 3. The van der Waals surface area contributed by atoms with E-state index in [9.17, 15) is 14.0 Å². The van der Waals surface area contributed by atoms with Crippen molar-refractivity contribution in [3.05, 3.63) is 64.3 Å². The van der Waals surface area contributed by atoms with E-state index < -0.39 is 0 Å². The Labute approximate surface area is 150 Å². The third kappa shape index (κ3) is 2.53. The molecule has 1 aromatic heterocycles. The van der Waals surface area contributed by atoms with Crippen LogP contribution in [0.1, 0.15) is 18.9 Å². The van der Waals surface area contributed by atoms with E-state index in [4.69, 9.17) is 0 Å². The summed E-state index contributed by atoms with van der Waals surface area (Å²) in [5.74, 6) is -0.656. The maximum absolute atomic E-state index is 14.3. The lowest BCUT2D eigenvalue weighted by atomic mass is 10.0. The van der Waals surface area contributed by atoms with Crippen LogP contribution in [0.15, 0.2) is 47.3 Å². The van der Waals surface area contributed by atoms with Crippen LogP contribution in [0.5, 0.6) is 0 Å². The highest BCUT2D eigenvalue weighted by molar-refractivity contribution is 5.95. The molecular weight excluding hydrogens is 333 g/mol. The van der Waals surface area contributed by atoms with Crippen molar-refractivity contribution in [3.63, 3.8) is 0 Å². The molecule has 0 saturated carbocycles. The zero-order valence-electron chi connectivity index (χ0n) is 14.6. The van der Waals surface area contributed by atoms with Crippen LogP contribution < -0.4 is 10.6 Å². The number of anilines is 1. The van der Waals surface area contributed by atoms with Crippen LogP contribution in [-0.4, -0.2) is 21.6 Å². The molecule has 0 unspecified atom stereocenters. The molecule has 0 saturated heterocycles. The molecule has 26 heavy (non-hydrogen) atoms. The summed E-state index contributed by atoms with van der Waals surface area (Å²) in [4.78, 5) is 27.2. The molecule has 6 heteroatoms. The van der Waals surface area contributed by atoms with E-state index in [1.54, 1.807) is 10.6 Å². The van der Waals surface area contributed by atoms with Gasteiger partial charge in [0.15, 0.2) is 0 Å². The van der Waals surface area contributed by atoms with Crippen molar-refractivity contribution in [2.24, 2.45) is 0 Å². The third-order valence-corrected chi connectivity index (χ3v) is 5.00. The van der Waals surface area contributed by atoms with Crippen molar-refractivity contribution in [2.75, 3.05) is 11.4 Å². The highest BCUT2D eigenvalue weighted by atomic mass is 19.1. The third-order valence-electron chi connectivity index (χ3n) is 5.00. The number of imidazole rings is 1. The smallest absolute Gasteiger partial charge is 0.308 e. The first-order valence-electron chi connectivity index (χ1n) is 8.87. The second kappa shape index (κ2) is 6.44. The lowest BCUT2D eigenvalue weighted by molar-refractivity contribution is -0.119. The van der Waals surface area contributed by atoms with Gasteiger partial charge in [-0.3, -0.25) is 13.9 Å². The fraction of sp³-hybridized carbons (Fsp3) is 0.300. The Morgan fingerprint density at radius 2 is 1.81 bits per heavy atom. The number of hydrogen-bond donors (Lipinski definition) is 0. The second-order valence-corrected chi connectivity index (χ2v) is 6.50. The van der Waals surface area contributed by atoms with E-state index in [-0.39, 0.29) is 24.0 Å². The lowest BCUT2D eigenvalue weighted by Gasteiger charge is -2.30. The fourth-order valence-electron chi connectivity index (χ4n) is 3.80. The van der Waals surface area contributed by atoms with Crippen LogP contribution in [0.4, 0.5) is 10.1 Å². The highest BCUT2D eigenvalue weighted by Crippen LogP contribution is 2.30. The van der Waals surface area contributed by atoms with Gasteiger partial charge in [-0.05, 0) is 43.5 Å². The van der Waals surface area contributed by atoms with E-state index >= 15 is 0 Å². The van der Waals surface area contributed by atoms with Crippen LogP contribution in [0.25, 0.3) is 11.0 Å². The zero-order valence-corrected chi connectivity index (χ0v) is 14.6. The number of rotatable bonds is 3. The Morgan fingerprint density at radius 1 is 1.08 bits per heavy atom. The van der Waals surface area contributed by atoms with Gasteiger partial charge in [0.05, 0.1) is 16.7 Å². The number of benzene rings is 2. The summed E-state index contributed by atoms with van der Waals surface area (Å²) >= 11 is 0. The SMILES string of the molecule is CCn1c(=O)n(CC(=O)N2CCCc3cccc(F)c32)c2ccccc21. The number of para-hydroxylation sites is 3. The maximum Gasteiger partial charge on any atom is 0.329 e. The Bertz CT molecular complexity index is 1050. The van der Waals surface area contributed by atoms with E-state index in [1.165, 1.54) is 15.5 Å². The molecule has 1 aliphatic rings. The molecule has 0 bridgehead atoms. The standard InChI is InChI=1S/C20H20FN3O2/c1-2-22-16-10-3-4-11-17(16)24(20(22)26)13-18(25)23-12-6-8-14-7-5-9-15(21)19(14)23/h3-5,7,9-11H,2,6,8,12-13H2,1H3. The zero-order chi connectivity index (χ0) is 18.3. The highest BCUT2D eigenvalue weighted by Gasteiger charge is 2.26. The van der Waals surface area contributed by atoms with Gasteiger partial charge >= 0.3 is 5.69 Å². The number of fused-ring (bicyclic) bond motifs is 2. The van der Waals surface area contributed by atoms with Gasteiger partial charge in [0.2, 0.25) is 5.91 Å². The molecule has 0 N–H and O–H groups in total.